The van der Waals surface area contributed by atoms with Crippen molar-refractivity contribution in [2.24, 2.45) is 11.1 Å². The number of ether oxygens (including phenoxy) is 1. The predicted molar refractivity (Wildman–Crippen MR) is 129 cm³/mol. The molecule has 2 unspecified atom stereocenters. The summed E-state index contributed by atoms with van der Waals surface area (Å²) in [5.41, 5.74) is 2.31. The van der Waals surface area contributed by atoms with E-state index in [9.17, 15) is 4.79 Å². The number of rotatable bonds is 7. The fraction of sp³-hybridized carbons (Fsp3) is 0.560. The zero-order valence-corrected chi connectivity index (χ0v) is 19.9. The van der Waals surface area contributed by atoms with E-state index in [0.29, 0.717) is 18.2 Å². The highest BCUT2D eigenvalue weighted by molar-refractivity contribution is 5.82. The summed E-state index contributed by atoms with van der Waals surface area (Å²) in [6.45, 7) is 6.15. The number of oxime groups is 1. The number of carbonyl (C=O) groups is 1. The Kier molecular flexibility index (Phi) is 7.10. The van der Waals surface area contributed by atoms with Crippen LogP contribution in [0.25, 0.3) is 0 Å². The van der Waals surface area contributed by atoms with E-state index < -0.39 is 0 Å². The molecule has 2 atom stereocenters. The number of hydrogen-bond acceptors (Lipinski definition) is 8. The van der Waals surface area contributed by atoms with Crippen molar-refractivity contribution in [3.63, 3.8) is 0 Å². The minimum Gasteiger partial charge on any atom is -0.481 e. The molecule has 34 heavy (non-hydrogen) atoms. The van der Waals surface area contributed by atoms with Gasteiger partial charge in [0.25, 0.3) is 0 Å². The summed E-state index contributed by atoms with van der Waals surface area (Å²) in [6.07, 6.45) is 13.8. The number of nitrogens with zero attached hydrogens (tertiary/aromatic N) is 6. The number of hydrogen-bond donors (Lipinski definition) is 0. The molecule has 5 heterocycles. The molecule has 0 aromatic carbocycles. The molecule has 2 fully saturated rings. The molecule has 1 aromatic rings. The third kappa shape index (κ3) is 5.42. The molecular formula is C25H34N6O3. The molecule has 182 valence electrons. The van der Waals surface area contributed by atoms with Gasteiger partial charge in [0, 0.05) is 75.9 Å². The van der Waals surface area contributed by atoms with E-state index in [1.807, 2.05) is 29.4 Å². The van der Waals surface area contributed by atoms with Gasteiger partial charge < -0.3 is 19.4 Å². The van der Waals surface area contributed by atoms with E-state index in [0.717, 1.165) is 57.8 Å². The van der Waals surface area contributed by atoms with Crippen LogP contribution in [0.3, 0.4) is 0 Å². The molecule has 4 aliphatic heterocycles. The van der Waals surface area contributed by atoms with Gasteiger partial charge in [0.05, 0.1) is 13.3 Å². The van der Waals surface area contributed by atoms with Gasteiger partial charge in [-0.1, -0.05) is 11.2 Å². The summed E-state index contributed by atoms with van der Waals surface area (Å²) in [7, 11) is 1.64. The normalized spacial score (nSPS) is 25.1. The summed E-state index contributed by atoms with van der Waals surface area (Å²) in [5.74, 6) is 1.54. The van der Waals surface area contributed by atoms with Crippen molar-refractivity contribution in [1.82, 2.24) is 24.8 Å². The highest BCUT2D eigenvalue weighted by Crippen LogP contribution is 2.23. The number of piperazine rings is 1. The number of piperidine rings is 1. The Morgan fingerprint density at radius 2 is 2.09 bits per heavy atom. The summed E-state index contributed by atoms with van der Waals surface area (Å²) < 4.78 is 5.16. The molecule has 9 nitrogen and oxygen atoms in total. The molecular weight excluding hydrogens is 432 g/mol. The molecule has 5 rings (SSSR count). The molecule has 9 heteroatoms. The number of amides is 1. The number of methoxy groups -OCH3 is 1. The number of fused-ring (bicyclic) bond motifs is 1. The molecule has 4 aliphatic rings. The third-order valence-corrected chi connectivity index (χ3v) is 7.11. The topological polar surface area (TPSA) is 73.7 Å². The lowest BCUT2D eigenvalue weighted by atomic mass is 9.92. The van der Waals surface area contributed by atoms with Crippen molar-refractivity contribution < 1.29 is 14.4 Å². The van der Waals surface area contributed by atoms with Crippen molar-refractivity contribution in [3.05, 3.63) is 47.9 Å². The van der Waals surface area contributed by atoms with Crippen LogP contribution in [0.5, 0.6) is 5.88 Å². The monoisotopic (exact) mass is 466 g/mol. The highest BCUT2D eigenvalue weighted by atomic mass is 16.6. The van der Waals surface area contributed by atoms with Crippen LogP contribution in [0.1, 0.15) is 24.8 Å². The van der Waals surface area contributed by atoms with Crippen molar-refractivity contribution in [3.8, 4) is 5.88 Å². The average molecular weight is 467 g/mol. The van der Waals surface area contributed by atoms with Crippen molar-refractivity contribution in [2.45, 2.75) is 31.8 Å². The van der Waals surface area contributed by atoms with Crippen LogP contribution in [-0.4, -0.2) is 96.0 Å². The fourth-order valence-electron chi connectivity index (χ4n) is 5.18. The highest BCUT2D eigenvalue weighted by Gasteiger charge is 2.28. The third-order valence-electron chi connectivity index (χ3n) is 7.11. The fourth-order valence-corrected chi connectivity index (χ4v) is 5.18. The molecule has 0 saturated carbocycles. The van der Waals surface area contributed by atoms with Gasteiger partial charge in [-0.2, -0.15) is 0 Å². The van der Waals surface area contributed by atoms with Gasteiger partial charge in [0.15, 0.2) is 6.10 Å². The number of pyridine rings is 1. The Labute approximate surface area is 201 Å². The Morgan fingerprint density at radius 1 is 1.21 bits per heavy atom. The largest absolute Gasteiger partial charge is 0.481 e. The first kappa shape index (κ1) is 22.9. The summed E-state index contributed by atoms with van der Waals surface area (Å²) in [4.78, 5) is 27.0. The number of aromatic nitrogens is 1. The van der Waals surface area contributed by atoms with Gasteiger partial charge in [-0.05, 0) is 43.4 Å². The van der Waals surface area contributed by atoms with E-state index in [4.69, 9.17) is 9.57 Å². The van der Waals surface area contributed by atoms with Gasteiger partial charge in [0.2, 0.25) is 11.8 Å². The Balaban J connectivity index is 1.04. The van der Waals surface area contributed by atoms with Crippen LogP contribution < -0.4 is 4.74 Å². The Morgan fingerprint density at radius 3 is 2.88 bits per heavy atom. The summed E-state index contributed by atoms with van der Waals surface area (Å²) in [6, 6.07) is 4.04. The quantitative estimate of drug-likeness (QED) is 0.608. The molecule has 0 aliphatic carbocycles. The van der Waals surface area contributed by atoms with Crippen LogP contribution in [-0.2, 0) is 16.1 Å². The summed E-state index contributed by atoms with van der Waals surface area (Å²) in [5, 5.41) is 8.24. The van der Waals surface area contributed by atoms with E-state index in [1.165, 1.54) is 18.4 Å². The van der Waals surface area contributed by atoms with Crippen LogP contribution in [0.4, 0.5) is 0 Å². The number of likely N-dealkylation sites (tertiary alicyclic amines) is 1. The summed E-state index contributed by atoms with van der Waals surface area (Å²) >= 11 is 0. The van der Waals surface area contributed by atoms with Crippen molar-refractivity contribution in [2.75, 3.05) is 52.9 Å². The first-order valence-electron chi connectivity index (χ1n) is 12.3. The molecule has 2 saturated heterocycles. The number of carbonyl (C=O) groups excluding carboxylic acids is 1. The van der Waals surface area contributed by atoms with E-state index in [2.05, 4.69) is 37.3 Å². The van der Waals surface area contributed by atoms with Crippen molar-refractivity contribution in [1.29, 1.82) is 0 Å². The lowest BCUT2D eigenvalue weighted by Crippen LogP contribution is -2.53. The van der Waals surface area contributed by atoms with E-state index in [1.54, 1.807) is 13.3 Å². The zero-order chi connectivity index (χ0) is 23.3. The van der Waals surface area contributed by atoms with Crippen LogP contribution >= 0.6 is 0 Å². The standard InChI is InChI=1S/C25H34N6O3/c1-33-24-5-4-20(16-26-24)15-21-3-2-8-28(18-21)9-7-25(32)29-11-13-30(14-12-29)31-10-6-23-22(19-31)17-27-34-23/h4-6,10,16-17,19,21,23H,2-3,7-9,11-15,18H2,1H3. The van der Waals surface area contributed by atoms with Gasteiger partial charge in [-0.15, -0.1) is 0 Å². The van der Waals surface area contributed by atoms with E-state index in [-0.39, 0.29) is 12.0 Å². The van der Waals surface area contributed by atoms with Crippen LogP contribution in [0, 0.1) is 5.92 Å². The maximum atomic E-state index is 12.9. The first-order valence-corrected chi connectivity index (χ1v) is 12.3. The minimum atomic E-state index is -0.0543. The van der Waals surface area contributed by atoms with Crippen LogP contribution in [0.15, 0.2) is 47.5 Å². The predicted octanol–water partition coefficient (Wildman–Crippen LogP) is 1.89. The Bertz CT molecular complexity index is 938. The van der Waals surface area contributed by atoms with Gasteiger partial charge in [0.1, 0.15) is 0 Å². The maximum absolute atomic E-state index is 12.9. The van der Waals surface area contributed by atoms with Gasteiger partial charge >= 0.3 is 0 Å². The SMILES string of the molecule is COc1ccc(CC2CCCN(CCC(=O)N3CCN(N4C=CC5ON=CC5=C4)CC3)C2)cn1. The minimum absolute atomic E-state index is 0.0543. The van der Waals surface area contributed by atoms with Crippen LogP contribution in [0.2, 0.25) is 0 Å². The van der Waals surface area contributed by atoms with Gasteiger partial charge in [-0.25, -0.2) is 9.99 Å². The molecule has 1 aromatic heterocycles. The molecule has 0 bridgehead atoms. The van der Waals surface area contributed by atoms with Gasteiger partial charge in [-0.3, -0.25) is 9.80 Å². The van der Waals surface area contributed by atoms with Crippen molar-refractivity contribution >= 4 is 12.1 Å². The molecule has 0 spiro atoms. The lowest BCUT2D eigenvalue weighted by molar-refractivity contribution is -0.135. The second-order valence-electron chi connectivity index (χ2n) is 9.42. The smallest absolute Gasteiger partial charge is 0.223 e. The molecule has 0 N–H and O–H groups in total. The second-order valence-corrected chi connectivity index (χ2v) is 9.42. The van der Waals surface area contributed by atoms with E-state index >= 15 is 0 Å². The Hall–Kier alpha value is -2.91. The molecule has 0 radical (unpaired) electrons. The lowest BCUT2D eigenvalue weighted by Gasteiger charge is -2.40. The first-order chi connectivity index (χ1) is 16.7. The maximum Gasteiger partial charge on any atom is 0.223 e. The molecule has 1 amide bonds. The second kappa shape index (κ2) is 10.6. The zero-order valence-electron chi connectivity index (χ0n) is 19.9. The number of hydrazine groups is 1. The average Bonchev–Trinajstić information content (AvgIpc) is 3.36.